The number of likely N-dealkylation sites (tertiary alicyclic amines) is 1. The van der Waals surface area contributed by atoms with Crippen LogP contribution in [-0.4, -0.2) is 52.1 Å². The van der Waals surface area contributed by atoms with Gasteiger partial charge in [0.15, 0.2) is 5.65 Å². The van der Waals surface area contributed by atoms with Gasteiger partial charge in [0.05, 0.1) is 12.5 Å². The molecule has 2 aromatic heterocycles. The molecule has 9 heteroatoms. The number of pyridine rings is 1. The number of nitrogens with one attached hydrogen (secondary N) is 2. The van der Waals surface area contributed by atoms with Crippen LogP contribution in [0, 0.1) is 0 Å². The van der Waals surface area contributed by atoms with Crippen LogP contribution in [0.25, 0.3) is 16.7 Å². The fourth-order valence-electron chi connectivity index (χ4n) is 5.56. The lowest BCUT2D eigenvalue weighted by Gasteiger charge is -2.15. The summed E-state index contributed by atoms with van der Waals surface area (Å²) in [5.41, 5.74) is 7.78. The van der Waals surface area contributed by atoms with Crippen LogP contribution >= 0.6 is 0 Å². The van der Waals surface area contributed by atoms with Gasteiger partial charge in [-0.25, -0.2) is 10.5 Å². The van der Waals surface area contributed by atoms with E-state index in [1.807, 2.05) is 18.2 Å². The van der Waals surface area contributed by atoms with E-state index in [4.69, 9.17) is 9.82 Å². The summed E-state index contributed by atoms with van der Waals surface area (Å²) in [6.45, 7) is 3.49. The predicted molar refractivity (Wildman–Crippen MR) is 151 cm³/mol. The molecule has 1 saturated heterocycles. The normalized spacial score (nSPS) is 15.0. The minimum Gasteiger partial charge on any atom is -0.324 e. The summed E-state index contributed by atoms with van der Waals surface area (Å²) in [5, 5.41) is 3.52. The van der Waals surface area contributed by atoms with Gasteiger partial charge < -0.3 is 14.8 Å². The van der Waals surface area contributed by atoms with Crippen LogP contribution in [0.5, 0.6) is 0 Å². The molecule has 6 rings (SSSR count). The highest BCUT2D eigenvalue weighted by molar-refractivity contribution is 5.96. The highest BCUT2D eigenvalue weighted by Gasteiger charge is 2.20. The molecule has 0 bridgehead atoms. The van der Waals surface area contributed by atoms with Crippen molar-refractivity contribution in [3.05, 3.63) is 87.3 Å². The number of anilines is 2. The van der Waals surface area contributed by atoms with E-state index < -0.39 is 11.3 Å². The number of amides is 1. The molecule has 200 valence electrons. The Hall–Kier alpha value is -4.08. The first-order valence-corrected chi connectivity index (χ1v) is 13.6. The smallest absolute Gasteiger partial charge is 0.280 e. The molecule has 0 unspecified atom stereocenters. The van der Waals surface area contributed by atoms with Crippen LogP contribution in [0.1, 0.15) is 46.3 Å². The second-order valence-corrected chi connectivity index (χ2v) is 10.2. The van der Waals surface area contributed by atoms with Crippen LogP contribution in [-0.2, 0) is 24.1 Å². The Morgan fingerprint density at radius 2 is 1.82 bits per heavy atom. The van der Waals surface area contributed by atoms with E-state index in [1.54, 1.807) is 4.57 Å². The second-order valence-electron chi connectivity index (χ2n) is 10.2. The summed E-state index contributed by atoms with van der Waals surface area (Å²) >= 11 is 0. The Morgan fingerprint density at radius 3 is 2.62 bits per heavy atom. The molecule has 39 heavy (non-hydrogen) atoms. The lowest BCUT2D eigenvalue weighted by atomic mass is 10.1. The first kappa shape index (κ1) is 25.2. The lowest BCUT2D eigenvalue weighted by molar-refractivity contribution is 0.0536. The predicted octanol–water partition coefficient (Wildman–Crippen LogP) is 3.94. The average Bonchev–Trinajstić information content (AvgIpc) is 3.65. The molecule has 1 amide bonds. The van der Waals surface area contributed by atoms with Crippen LogP contribution in [0.3, 0.4) is 0 Å². The third-order valence-corrected chi connectivity index (χ3v) is 7.67. The van der Waals surface area contributed by atoms with E-state index >= 15 is 0 Å². The highest BCUT2D eigenvalue weighted by atomic mass is 16.6. The fourth-order valence-corrected chi connectivity index (χ4v) is 5.56. The quantitative estimate of drug-likeness (QED) is 0.337. The highest BCUT2D eigenvalue weighted by Crippen LogP contribution is 2.26. The van der Waals surface area contributed by atoms with Crippen molar-refractivity contribution in [1.29, 1.82) is 0 Å². The maximum atomic E-state index is 13.2. The molecule has 3 heterocycles. The molecule has 0 spiro atoms. The zero-order valence-electron chi connectivity index (χ0n) is 22.1. The van der Waals surface area contributed by atoms with Crippen LogP contribution in [0.2, 0.25) is 0 Å². The molecule has 0 saturated carbocycles. The largest absolute Gasteiger partial charge is 0.324 e. The molecule has 9 nitrogen and oxygen atoms in total. The van der Waals surface area contributed by atoms with Gasteiger partial charge in [-0.15, -0.1) is 0 Å². The van der Waals surface area contributed by atoms with Crippen molar-refractivity contribution < 1.29 is 9.63 Å². The number of hydrogen-bond donors (Lipinski definition) is 2. The summed E-state index contributed by atoms with van der Waals surface area (Å²) in [4.78, 5) is 42.3. The van der Waals surface area contributed by atoms with Crippen molar-refractivity contribution in [2.24, 2.45) is 0 Å². The van der Waals surface area contributed by atoms with Crippen molar-refractivity contribution in [3.63, 3.8) is 0 Å². The van der Waals surface area contributed by atoms with E-state index in [0.717, 1.165) is 43.6 Å². The standard InChI is InChI=1S/C30H32N6O3/c1-39-34-29(38)26-19-36(24-12-9-21-5-4-6-22(21)17-24)28-25(27(26)37)18-31-30(33-28)32-23-10-7-20(8-11-23)13-16-35-14-2-3-15-35/h7-12,17-19H,2-6,13-16H2,1H3,(H,34,38)(H,31,32,33). The van der Waals surface area contributed by atoms with E-state index in [0.29, 0.717) is 11.6 Å². The summed E-state index contributed by atoms with van der Waals surface area (Å²) in [7, 11) is 1.33. The molecule has 0 atom stereocenters. The molecule has 0 radical (unpaired) electrons. The van der Waals surface area contributed by atoms with Gasteiger partial charge in [-0.05, 0) is 92.6 Å². The number of aryl methyl sites for hydroxylation is 2. The average molecular weight is 525 g/mol. The minimum atomic E-state index is -0.619. The lowest BCUT2D eigenvalue weighted by Crippen LogP contribution is -2.29. The Kier molecular flexibility index (Phi) is 7.08. The molecule has 1 aliphatic carbocycles. The number of aromatic nitrogens is 3. The Morgan fingerprint density at radius 1 is 1.03 bits per heavy atom. The number of benzene rings is 2. The zero-order valence-corrected chi connectivity index (χ0v) is 22.1. The molecular weight excluding hydrogens is 492 g/mol. The SMILES string of the molecule is CONC(=O)c1cn(-c2ccc3c(c2)CCC3)c2nc(Nc3ccc(CCN4CCCC4)cc3)ncc2c1=O. The number of fused-ring (bicyclic) bond motifs is 2. The molecule has 4 aromatic rings. The van der Waals surface area contributed by atoms with Gasteiger partial charge in [-0.3, -0.25) is 14.4 Å². The molecule has 1 fully saturated rings. The number of rotatable bonds is 8. The van der Waals surface area contributed by atoms with E-state index in [-0.39, 0.29) is 10.9 Å². The number of hydroxylamine groups is 1. The van der Waals surface area contributed by atoms with Crippen molar-refractivity contribution in [2.75, 3.05) is 32.1 Å². The van der Waals surface area contributed by atoms with Gasteiger partial charge in [0.1, 0.15) is 5.56 Å². The monoisotopic (exact) mass is 524 g/mol. The second kappa shape index (κ2) is 11.0. The first-order valence-electron chi connectivity index (χ1n) is 13.6. The summed E-state index contributed by atoms with van der Waals surface area (Å²) < 4.78 is 1.79. The Bertz CT molecular complexity index is 1570. The molecule has 1 aliphatic heterocycles. The fraction of sp³-hybridized carbons (Fsp3) is 0.333. The number of nitrogens with zero attached hydrogens (tertiary/aromatic N) is 4. The third kappa shape index (κ3) is 5.28. The molecule has 2 aliphatic rings. The zero-order chi connectivity index (χ0) is 26.8. The summed E-state index contributed by atoms with van der Waals surface area (Å²) in [5.74, 6) is -0.248. The van der Waals surface area contributed by atoms with Gasteiger partial charge in [-0.1, -0.05) is 18.2 Å². The van der Waals surface area contributed by atoms with Crippen LogP contribution in [0.15, 0.2) is 59.7 Å². The van der Waals surface area contributed by atoms with Crippen LogP contribution in [0.4, 0.5) is 11.6 Å². The molecule has 2 aromatic carbocycles. The van der Waals surface area contributed by atoms with E-state index in [2.05, 4.69) is 44.9 Å². The van der Waals surface area contributed by atoms with Crippen LogP contribution < -0.4 is 16.2 Å². The van der Waals surface area contributed by atoms with Crippen molar-refractivity contribution in [2.45, 2.75) is 38.5 Å². The van der Waals surface area contributed by atoms with Gasteiger partial charge >= 0.3 is 0 Å². The van der Waals surface area contributed by atoms with Gasteiger partial charge in [0, 0.05) is 30.3 Å². The number of hydrogen-bond acceptors (Lipinski definition) is 7. The van der Waals surface area contributed by atoms with Gasteiger partial charge in [0.2, 0.25) is 11.4 Å². The molecule has 2 N–H and O–H groups in total. The minimum absolute atomic E-state index is 0.0429. The van der Waals surface area contributed by atoms with Crippen molar-refractivity contribution >= 4 is 28.6 Å². The number of carbonyl (C=O) groups is 1. The summed E-state index contributed by atoms with van der Waals surface area (Å²) in [6.07, 6.45) is 9.83. The Labute approximate surface area is 226 Å². The Balaban J connectivity index is 1.33. The van der Waals surface area contributed by atoms with Gasteiger partial charge in [0.25, 0.3) is 5.91 Å². The van der Waals surface area contributed by atoms with Gasteiger partial charge in [-0.2, -0.15) is 4.98 Å². The first-order chi connectivity index (χ1) is 19.1. The van der Waals surface area contributed by atoms with Crippen molar-refractivity contribution in [1.82, 2.24) is 24.9 Å². The number of carbonyl (C=O) groups excluding carboxylic acids is 1. The third-order valence-electron chi connectivity index (χ3n) is 7.67. The van der Waals surface area contributed by atoms with E-state index in [9.17, 15) is 9.59 Å². The maximum absolute atomic E-state index is 13.2. The summed E-state index contributed by atoms with van der Waals surface area (Å²) in [6, 6.07) is 14.5. The van der Waals surface area contributed by atoms with E-state index in [1.165, 1.54) is 62.1 Å². The topological polar surface area (TPSA) is 101 Å². The maximum Gasteiger partial charge on any atom is 0.280 e. The van der Waals surface area contributed by atoms with Crippen molar-refractivity contribution in [3.8, 4) is 5.69 Å². The molecular formula is C30H32N6O3.